The topological polar surface area (TPSA) is 155 Å². The monoisotopic (exact) mass is 951 g/mol. The van der Waals surface area contributed by atoms with Crippen LogP contribution in [0.15, 0.2) is 60.8 Å². The van der Waals surface area contributed by atoms with Crippen molar-refractivity contribution in [1.82, 2.24) is 0 Å². The number of phosphoric acid groups is 1. The van der Waals surface area contributed by atoms with E-state index in [4.69, 9.17) is 23.3 Å². The van der Waals surface area contributed by atoms with Crippen LogP contribution in [0.5, 0.6) is 0 Å². The molecule has 0 aliphatic heterocycles. The van der Waals surface area contributed by atoms with Crippen molar-refractivity contribution in [3.63, 3.8) is 0 Å². The third-order valence-electron chi connectivity index (χ3n) is 10.9. The fraction of sp³-hybridized carbons (Fsp3) is 0.759. The highest BCUT2D eigenvalue weighted by Gasteiger charge is 2.28. The van der Waals surface area contributed by atoms with E-state index < -0.39 is 57.8 Å². The SMILES string of the molecule is CCC/C=C\C/C=C\CCCCCCCC(=O)OCC(COP(=O)(O)OCC(CO)OC(=O)CCCCCCC/C=C\CCCC)OC(=O)CCCCCCC/C=C\C/C=C\CCCCC. The zero-order chi connectivity index (χ0) is 48.4. The van der Waals surface area contributed by atoms with Crippen molar-refractivity contribution in [2.45, 2.75) is 238 Å². The Kier molecular flexibility index (Phi) is 46.6. The first-order chi connectivity index (χ1) is 32.2. The fourth-order valence-corrected chi connectivity index (χ4v) is 7.60. The normalized spacial score (nSPS) is 14.0. The fourth-order valence-electron chi connectivity index (χ4n) is 6.82. The predicted molar refractivity (Wildman–Crippen MR) is 270 cm³/mol. The van der Waals surface area contributed by atoms with Crippen molar-refractivity contribution in [3.05, 3.63) is 60.8 Å². The number of rotatable bonds is 48. The van der Waals surface area contributed by atoms with E-state index in [2.05, 4.69) is 81.5 Å². The lowest BCUT2D eigenvalue weighted by molar-refractivity contribution is -0.161. The molecule has 0 aliphatic rings. The first-order valence-corrected chi connectivity index (χ1v) is 27.7. The lowest BCUT2D eigenvalue weighted by Crippen LogP contribution is -2.30. The number of carbonyl (C=O) groups is 3. The molecule has 0 bridgehead atoms. The van der Waals surface area contributed by atoms with Crippen molar-refractivity contribution in [3.8, 4) is 0 Å². The van der Waals surface area contributed by atoms with Crippen molar-refractivity contribution in [1.29, 1.82) is 0 Å². The molecule has 382 valence electrons. The molecule has 66 heavy (non-hydrogen) atoms. The number of phosphoric ester groups is 1. The zero-order valence-corrected chi connectivity index (χ0v) is 42.8. The molecule has 0 radical (unpaired) electrons. The number of ether oxygens (including phenoxy) is 3. The molecule has 0 aromatic carbocycles. The predicted octanol–water partition coefficient (Wildman–Crippen LogP) is 14.8. The summed E-state index contributed by atoms with van der Waals surface area (Å²) in [6.45, 7) is 4.46. The summed E-state index contributed by atoms with van der Waals surface area (Å²) in [6, 6.07) is 0. The van der Waals surface area contributed by atoms with Crippen LogP contribution in [0.25, 0.3) is 0 Å². The lowest BCUT2D eigenvalue weighted by Gasteiger charge is -2.21. The molecule has 0 aromatic rings. The zero-order valence-electron chi connectivity index (χ0n) is 41.9. The van der Waals surface area contributed by atoms with Crippen LogP contribution in [0.4, 0.5) is 0 Å². The number of unbranched alkanes of at least 4 members (excludes halogenated alkanes) is 21. The number of carbonyl (C=O) groups excluding carboxylic acids is 3. The molecule has 0 aromatic heterocycles. The minimum absolute atomic E-state index is 0.147. The van der Waals surface area contributed by atoms with E-state index in [0.29, 0.717) is 19.3 Å². The van der Waals surface area contributed by atoms with Crippen molar-refractivity contribution in [2.75, 3.05) is 26.4 Å². The van der Waals surface area contributed by atoms with Gasteiger partial charge < -0.3 is 24.2 Å². The van der Waals surface area contributed by atoms with Gasteiger partial charge in [0, 0.05) is 19.3 Å². The van der Waals surface area contributed by atoms with Gasteiger partial charge >= 0.3 is 25.7 Å². The van der Waals surface area contributed by atoms with Gasteiger partial charge in [-0.15, -0.1) is 0 Å². The minimum atomic E-state index is -4.75. The summed E-state index contributed by atoms with van der Waals surface area (Å²) >= 11 is 0. The largest absolute Gasteiger partial charge is 0.472 e. The maximum atomic E-state index is 12.8. The van der Waals surface area contributed by atoms with Crippen LogP contribution in [0.3, 0.4) is 0 Å². The molecule has 11 nitrogen and oxygen atoms in total. The molecule has 3 unspecified atom stereocenters. The summed E-state index contributed by atoms with van der Waals surface area (Å²) in [5.41, 5.74) is 0. The number of hydrogen-bond donors (Lipinski definition) is 2. The van der Waals surface area contributed by atoms with Gasteiger partial charge in [0.15, 0.2) is 6.10 Å². The van der Waals surface area contributed by atoms with Crippen LogP contribution < -0.4 is 0 Å². The van der Waals surface area contributed by atoms with Crippen LogP contribution in [-0.4, -0.2) is 66.5 Å². The first-order valence-electron chi connectivity index (χ1n) is 26.2. The van der Waals surface area contributed by atoms with Gasteiger partial charge in [-0.05, 0) is 96.3 Å². The van der Waals surface area contributed by atoms with Crippen LogP contribution in [-0.2, 0) is 42.2 Å². The third-order valence-corrected chi connectivity index (χ3v) is 11.8. The highest BCUT2D eigenvalue weighted by atomic mass is 31.2. The van der Waals surface area contributed by atoms with E-state index in [0.717, 1.165) is 128 Å². The summed E-state index contributed by atoms with van der Waals surface area (Å²) in [5.74, 6) is -1.51. The summed E-state index contributed by atoms with van der Waals surface area (Å²) in [7, 11) is -4.75. The molecule has 12 heteroatoms. The highest BCUT2D eigenvalue weighted by molar-refractivity contribution is 7.47. The average molecular weight is 951 g/mol. The van der Waals surface area contributed by atoms with E-state index in [-0.39, 0.29) is 25.9 Å². The number of allylic oxidation sites excluding steroid dienone is 10. The molecule has 3 atom stereocenters. The van der Waals surface area contributed by atoms with Crippen LogP contribution >= 0.6 is 7.82 Å². The van der Waals surface area contributed by atoms with Gasteiger partial charge in [0.05, 0.1) is 19.8 Å². The molecule has 0 amide bonds. The second kappa shape index (κ2) is 48.6. The Morgan fingerprint density at radius 2 is 0.788 bits per heavy atom. The summed E-state index contributed by atoms with van der Waals surface area (Å²) in [5, 5.41) is 9.76. The van der Waals surface area contributed by atoms with Gasteiger partial charge in [0.2, 0.25) is 0 Å². The van der Waals surface area contributed by atoms with E-state index in [1.807, 2.05) is 0 Å². The van der Waals surface area contributed by atoms with Gasteiger partial charge in [-0.25, -0.2) is 4.57 Å². The number of aliphatic hydroxyl groups is 1. The Bertz CT molecular complexity index is 1340. The Labute approximate surface area is 402 Å². The Morgan fingerprint density at radius 1 is 0.424 bits per heavy atom. The molecule has 0 rings (SSSR count). The van der Waals surface area contributed by atoms with Gasteiger partial charge in [-0.2, -0.15) is 0 Å². The molecular weight excluding hydrogens is 856 g/mol. The highest BCUT2D eigenvalue weighted by Crippen LogP contribution is 2.43. The van der Waals surface area contributed by atoms with Crippen molar-refractivity contribution in [2.24, 2.45) is 0 Å². The molecule has 0 fully saturated rings. The second-order valence-electron chi connectivity index (χ2n) is 17.3. The smallest absolute Gasteiger partial charge is 0.462 e. The average Bonchev–Trinajstić information content (AvgIpc) is 3.30. The minimum Gasteiger partial charge on any atom is -0.462 e. The maximum absolute atomic E-state index is 12.8. The molecule has 0 heterocycles. The maximum Gasteiger partial charge on any atom is 0.472 e. The molecular formula is C54H95O11P. The van der Waals surface area contributed by atoms with Crippen molar-refractivity contribution < 1.29 is 52.2 Å². The Balaban J connectivity index is 4.79. The van der Waals surface area contributed by atoms with E-state index in [9.17, 15) is 28.9 Å². The van der Waals surface area contributed by atoms with E-state index in [1.54, 1.807) is 0 Å². The quantitative estimate of drug-likeness (QED) is 0.0197. The molecule has 0 spiro atoms. The molecule has 2 N–H and O–H groups in total. The van der Waals surface area contributed by atoms with Crippen LogP contribution in [0.2, 0.25) is 0 Å². The standard InChI is InChI=1S/C54H95O11P/c1-4-7-10-13-16-19-22-24-25-27-30-33-36-39-42-45-54(58)65-51(47-61-52(56)43-40-37-34-31-29-26-23-20-17-14-11-8-5-2)49-63-66(59,60)62-48-50(46-55)64-53(57)44-41-38-35-32-28-21-18-15-12-9-6-3/h11,14-16,18-20,23-25,50-51,55H,4-10,12-13,17,21-22,26-49H2,1-3H3,(H,59,60)/b14-11-,18-15-,19-16-,23-20-,25-24-. The summed E-state index contributed by atoms with van der Waals surface area (Å²) < 4.78 is 39.3. The first kappa shape index (κ1) is 63.2. The lowest BCUT2D eigenvalue weighted by atomic mass is 10.1. The van der Waals surface area contributed by atoms with Gasteiger partial charge in [0.1, 0.15) is 12.7 Å². The van der Waals surface area contributed by atoms with Crippen LogP contribution in [0.1, 0.15) is 226 Å². The third kappa shape index (κ3) is 46.3. The van der Waals surface area contributed by atoms with Crippen LogP contribution in [0, 0.1) is 0 Å². The number of aliphatic hydroxyl groups excluding tert-OH is 1. The van der Waals surface area contributed by atoms with E-state index in [1.165, 1.54) is 38.5 Å². The molecule has 0 aliphatic carbocycles. The van der Waals surface area contributed by atoms with E-state index >= 15 is 0 Å². The number of hydrogen-bond acceptors (Lipinski definition) is 10. The molecule has 0 saturated heterocycles. The van der Waals surface area contributed by atoms with Gasteiger partial charge in [-0.3, -0.25) is 23.4 Å². The van der Waals surface area contributed by atoms with Gasteiger partial charge in [-0.1, -0.05) is 171 Å². The van der Waals surface area contributed by atoms with Gasteiger partial charge in [0.25, 0.3) is 0 Å². The molecule has 0 saturated carbocycles. The van der Waals surface area contributed by atoms with Crippen molar-refractivity contribution >= 4 is 25.7 Å². The Morgan fingerprint density at radius 3 is 1.24 bits per heavy atom. The summed E-state index contributed by atoms with van der Waals surface area (Å²) in [4.78, 5) is 48.3. The second-order valence-corrected chi connectivity index (χ2v) is 18.8. The number of esters is 3. The Hall–Kier alpha value is -2.82. The summed E-state index contributed by atoms with van der Waals surface area (Å²) in [6.07, 6.45) is 50.4.